The van der Waals surface area contributed by atoms with Gasteiger partial charge in [-0.2, -0.15) is 0 Å². The zero-order chi connectivity index (χ0) is 17.9. The molecule has 0 aliphatic heterocycles. The number of hydrogen-bond acceptors (Lipinski definition) is 2. The van der Waals surface area contributed by atoms with Crippen molar-refractivity contribution in [3.8, 4) is 5.75 Å². The molecule has 0 saturated heterocycles. The van der Waals surface area contributed by atoms with Gasteiger partial charge in [0.1, 0.15) is 5.75 Å². The minimum Gasteiger partial charge on any atom is -1.00 e. The Morgan fingerprint density at radius 1 is 1.08 bits per heavy atom. The summed E-state index contributed by atoms with van der Waals surface area (Å²) in [5, 5.41) is 1.04. The van der Waals surface area contributed by atoms with Crippen molar-refractivity contribution in [1.82, 2.24) is 0 Å². The predicted molar refractivity (Wildman–Crippen MR) is 106 cm³/mol. The van der Waals surface area contributed by atoms with Crippen LogP contribution in [-0.2, 0) is 5.41 Å². The van der Waals surface area contributed by atoms with Crippen LogP contribution in [0.4, 0.5) is 0 Å². The second-order valence-corrected chi connectivity index (χ2v) is 8.43. The van der Waals surface area contributed by atoms with Crippen molar-refractivity contribution in [2.45, 2.75) is 47.0 Å². The monoisotopic (exact) mass is 350 g/mol. The van der Waals surface area contributed by atoms with Crippen LogP contribution < -0.4 is 28.9 Å². The fourth-order valence-electron chi connectivity index (χ4n) is 2.75. The molecule has 4 heteroatoms. The molecule has 0 N–H and O–H groups in total. The van der Waals surface area contributed by atoms with Gasteiger partial charge in [0.05, 0.1) is 6.61 Å². The van der Waals surface area contributed by atoms with Crippen LogP contribution >= 0.6 is 8.58 Å². The molecular formula is C21H28LiO2P. The summed E-state index contributed by atoms with van der Waals surface area (Å²) in [4.78, 5) is 12.8. The molecule has 0 aromatic heterocycles. The summed E-state index contributed by atoms with van der Waals surface area (Å²) in [7, 11) is 0.136. The summed E-state index contributed by atoms with van der Waals surface area (Å²) < 4.78 is 5.45. The maximum absolute atomic E-state index is 12.8. The molecule has 0 saturated carbocycles. The minimum atomic E-state index is 0. The van der Waals surface area contributed by atoms with Crippen LogP contribution in [0.3, 0.4) is 0 Å². The van der Waals surface area contributed by atoms with Gasteiger partial charge < -0.3 is 6.16 Å². The molecule has 0 spiro atoms. The van der Waals surface area contributed by atoms with Crippen molar-refractivity contribution in [2.75, 3.05) is 6.61 Å². The van der Waals surface area contributed by atoms with Gasteiger partial charge in [-0.15, -0.1) is 0 Å². The number of carbonyl (C=O) groups is 1. The first-order valence-corrected chi connectivity index (χ1v) is 9.38. The molecule has 1 unspecified atom stereocenters. The van der Waals surface area contributed by atoms with Gasteiger partial charge in [-0.25, -0.2) is 0 Å². The number of hydrogen-bond donors (Lipinski definition) is 0. The topological polar surface area (TPSA) is 26.3 Å². The van der Waals surface area contributed by atoms with E-state index in [1.54, 1.807) is 0 Å². The molecule has 2 aromatic carbocycles. The molecule has 0 fully saturated rings. The van der Waals surface area contributed by atoms with Gasteiger partial charge in [0, 0.05) is 5.56 Å². The van der Waals surface area contributed by atoms with Gasteiger partial charge in [-0.3, -0.25) is 4.79 Å². The third-order valence-corrected chi connectivity index (χ3v) is 5.15. The molecule has 0 heterocycles. The Labute approximate surface area is 167 Å². The summed E-state index contributed by atoms with van der Waals surface area (Å²) in [6.07, 6.45) is 0. The van der Waals surface area contributed by atoms with E-state index >= 15 is 0 Å². The van der Waals surface area contributed by atoms with E-state index in [4.69, 9.17) is 4.74 Å². The third-order valence-electron chi connectivity index (χ3n) is 4.05. The molecule has 0 aliphatic rings. The Balaban J connectivity index is 0.00000312. The van der Waals surface area contributed by atoms with E-state index in [0.29, 0.717) is 6.61 Å². The van der Waals surface area contributed by atoms with Crippen LogP contribution in [0.25, 0.3) is 0 Å². The van der Waals surface area contributed by atoms with Crippen molar-refractivity contribution < 1.29 is 29.8 Å². The minimum absolute atomic E-state index is 0. The van der Waals surface area contributed by atoms with Crippen molar-refractivity contribution >= 4 is 19.4 Å². The van der Waals surface area contributed by atoms with Gasteiger partial charge >= 0.3 is 18.9 Å². The molecule has 2 aromatic rings. The summed E-state index contributed by atoms with van der Waals surface area (Å²) in [6, 6.07) is 12.1. The molecule has 0 bridgehead atoms. The summed E-state index contributed by atoms with van der Waals surface area (Å²) in [5.41, 5.74) is 4.59. The van der Waals surface area contributed by atoms with Gasteiger partial charge in [0.15, 0.2) is 5.52 Å². The van der Waals surface area contributed by atoms with E-state index in [1.807, 2.05) is 45.0 Å². The first-order valence-electron chi connectivity index (χ1n) is 8.38. The third kappa shape index (κ3) is 5.72. The van der Waals surface area contributed by atoms with E-state index < -0.39 is 0 Å². The molecular weight excluding hydrogens is 322 g/mol. The summed E-state index contributed by atoms with van der Waals surface area (Å²) in [5.74, 6) is 0.848. The number of ether oxygens (including phenoxy) is 1. The van der Waals surface area contributed by atoms with Crippen LogP contribution in [-0.4, -0.2) is 12.1 Å². The molecule has 2 nitrogen and oxygen atoms in total. The second-order valence-electron chi connectivity index (χ2n) is 7.15. The number of carbonyl (C=O) groups excluding carboxylic acids is 1. The van der Waals surface area contributed by atoms with Crippen molar-refractivity contribution in [3.05, 3.63) is 58.7 Å². The van der Waals surface area contributed by atoms with Crippen LogP contribution in [0.2, 0.25) is 0 Å². The molecule has 0 aliphatic carbocycles. The van der Waals surface area contributed by atoms with Gasteiger partial charge in [0.25, 0.3) is 0 Å². The Morgan fingerprint density at radius 2 is 1.60 bits per heavy atom. The second kappa shape index (κ2) is 9.04. The van der Waals surface area contributed by atoms with Crippen molar-refractivity contribution in [2.24, 2.45) is 0 Å². The van der Waals surface area contributed by atoms with Gasteiger partial charge in [-0.1, -0.05) is 45.0 Å². The fourth-order valence-corrected chi connectivity index (χ4v) is 3.86. The zero-order valence-corrected chi connectivity index (χ0v) is 17.5. The largest absolute Gasteiger partial charge is 1.00 e. The van der Waals surface area contributed by atoms with Gasteiger partial charge in [0.2, 0.25) is 0 Å². The van der Waals surface area contributed by atoms with Crippen LogP contribution in [0.1, 0.15) is 56.2 Å². The van der Waals surface area contributed by atoms with Crippen molar-refractivity contribution in [3.63, 3.8) is 0 Å². The van der Waals surface area contributed by atoms with Crippen LogP contribution in [0, 0.1) is 13.8 Å². The quantitative estimate of drug-likeness (QED) is 0.611. The van der Waals surface area contributed by atoms with Crippen LogP contribution in [0.5, 0.6) is 5.75 Å². The summed E-state index contributed by atoms with van der Waals surface area (Å²) >= 11 is 0. The normalized spacial score (nSPS) is 11.4. The van der Waals surface area contributed by atoms with Crippen LogP contribution in [0.15, 0.2) is 36.4 Å². The zero-order valence-electron chi connectivity index (χ0n) is 17.5. The van der Waals surface area contributed by atoms with E-state index in [2.05, 4.69) is 32.9 Å². The first-order chi connectivity index (χ1) is 11.2. The smallest absolute Gasteiger partial charge is 1.00 e. The standard InChI is InChI=1S/C21H27O2P.Li.H/c1-7-23-17-8-10-18(11-9-17)24-20(22)19-14(2)12-16(13-15(19)3)21(4,5)6;;/h8-13,24H,7H2,1-6H3;;/q;+1;-1. The SMILES string of the molecule is CCOc1ccc(PC(=O)c2c(C)cc(C(C)(C)C)cc2C)cc1.[H-].[Li+]. The molecule has 25 heavy (non-hydrogen) atoms. The van der Waals surface area contributed by atoms with Crippen molar-refractivity contribution in [1.29, 1.82) is 0 Å². The van der Waals surface area contributed by atoms with E-state index in [0.717, 1.165) is 27.7 Å². The molecule has 0 amide bonds. The number of rotatable bonds is 5. The Hall–Kier alpha value is -1.06. The number of benzene rings is 2. The van der Waals surface area contributed by atoms with Gasteiger partial charge in [-0.05, 0) is 68.9 Å². The summed E-state index contributed by atoms with van der Waals surface area (Å²) in [6.45, 7) is 13.3. The van der Waals surface area contributed by atoms with E-state index in [1.165, 1.54) is 5.56 Å². The Bertz CT molecular complexity index is 714. The van der Waals surface area contributed by atoms with E-state index in [9.17, 15) is 4.79 Å². The average Bonchev–Trinajstić information content (AvgIpc) is 2.48. The molecule has 1 atom stereocenters. The Morgan fingerprint density at radius 3 is 2.04 bits per heavy atom. The number of aryl methyl sites for hydroxylation is 2. The molecule has 2 rings (SSSR count). The maximum atomic E-state index is 12.8. The molecule has 130 valence electrons. The first kappa shape index (κ1) is 22.0. The Kier molecular flexibility index (Phi) is 7.95. The molecule has 0 radical (unpaired) electrons. The van der Waals surface area contributed by atoms with E-state index in [-0.39, 0.29) is 39.8 Å². The average molecular weight is 350 g/mol. The predicted octanol–water partition coefficient (Wildman–Crippen LogP) is 2.26. The fraction of sp³-hybridized carbons (Fsp3) is 0.381. The maximum Gasteiger partial charge on any atom is 1.00 e.